The minimum absolute atomic E-state index is 0.0183. The molecule has 2 saturated heterocycles. The van der Waals surface area contributed by atoms with Crippen LogP contribution in [0.15, 0.2) is 12.1 Å². The molecular weight excluding hydrogens is 507 g/mol. The second-order valence-electron chi connectivity index (χ2n) is 10.6. The molecule has 1 aromatic carbocycles. The van der Waals surface area contributed by atoms with Gasteiger partial charge >= 0.3 is 0 Å². The number of carbonyl (C=O) groups excluding carboxylic acids is 5. The van der Waals surface area contributed by atoms with Crippen molar-refractivity contribution in [1.29, 1.82) is 0 Å². The van der Waals surface area contributed by atoms with E-state index < -0.39 is 71.2 Å². The second kappa shape index (κ2) is 10.3. The van der Waals surface area contributed by atoms with E-state index in [4.69, 9.17) is 0 Å². The third-order valence-electron chi connectivity index (χ3n) is 7.99. The Labute approximate surface area is 217 Å². The number of rotatable bonds is 9. The highest BCUT2D eigenvalue weighted by Gasteiger charge is 2.69. The Kier molecular flexibility index (Phi) is 7.39. The van der Waals surface area contributed by atoms with Gasteiger partial charge in [-0.05, 0) is 30.1 Å². The number of Topliss-reactive ketones (excluding diaryl/α,β-unsaturated/α-hetero) is 1. The van der Waals surface area contributed by atoms with Gasteiger partial charge in [-0.3, -0.25) is 24.0 Å². The van der Waals surface area contributed by atoms with Gasteiger partial charge in [0.05, 0.1) is 12.6 Å². The highest BCUT2D eigenvalue weighted by Crippen LogP contribution is 2.64. The average Bonchev–Trinajstić information content (AvgIpc) is 3.20. The lowest BCUT2D eigenvalue weighted by molar-refractivity contribution is -0.143. The highest BCUT2D eigenvalue weighted by molar-refractivity contribution is 6.38. The van der Waals surface area contributed by atoms with Crippen molar-refractivity contribution in [2.45, 2.75) is 38.8 Å². The van der Waals surface area contributed by atoms with Crippen LogP contribution in [0.25, 0.3) is 0 Å². The van der Waals surface area contributed by atoms with Crippen LogP contribution in [0.1, 0.15) is 26.7 Å². The van der Waals surface area contributed by atoms with Gasteiger partial charge in [-0.15, -0.1) is 0 Å². The Hall–Kier alpha value is -3.64. The van der Waals surface area contributed by atoms with Gasteiger partial charge < -0.3 is 26.2 Å². The zero-order valence-corrected chi connectivity index (χ0v) is 21.2. The van der Waals surface area contributed by atoms with Crippen molar-refractivity contribution in [3.63, 3.8) is 0 Å². The number of benzene rings is 1. The van der Waals surface area contributed by atoms with Crippen LogP contribution < -0.4 is 21.3 Å². The number of anilines is 1. The molecule has 1 aromatic rings. The summed E-state index contributed by atoms with van der Waals surface area (Å²) in [6.45, 7) is 3.96. The predicted molar refractivity (Wildman–Crippen MR) is 128 cm³/mol. The van der Waals surface area contributed by atoms with E-state index in [1.807, 2.05) is 13.8 Å². The molecule has 5 atom stereocenters. The molecule has 1 aliphatic carbocycles. The molecule has 3 aliphatic rings. The first-order valence-electron chi connectivity index (χ1n) is 12.4. The van der Waals surface area contributed by atoms with Crippen LogP contribution in [-0.2, 0) is 24.0 Å². The molecule has 0 spiro atoms. The van der Waals surface area contributed by atoms with Crippen LogP contribution in [-0.4, -0.2) is 73.1 Å². The van der Waals surface area contributed by atoms with Crippen molar-refractivity contribution in [3.05, 3.63) is 29.6 Å². The average molecular weight is 538 g/mol. The molecule has 10 nitrogen and oxygen atoms in total. The number of hydrogen-bond donors (Lipinski definition) is 4. The number of amides is 4. The number of piperidine rings is 1. The maximum absolute atomic E-state index is 14.0. The Balaban J connectivity index is 1.50. The fourth-order valence-electron chi connectivity index (χ4n) is 5.74. The minimum atomic E-state index is -1.28. The molecule has 3 fully saturated rings. The topological polar surface area (TPSA) is 137 Å². The number of nitrogens with zero attached hydrogens (tertiary/aromatic N) is 1. The minimum Gasteiger partial charge on any atom is -0.371 e. The molecule has 2 aliphatic heterocycles. The summed E-state index contributed by atoms with van der Waals surface area (Å²) in [7, 11) is 1.27. The summed E-state index contributed by atoms with van der Waals surface area (Å²) in [5, 5.41) is 9.81. The number of hydrogen-bond acceptors (Lipinski definition) is 6. The number of carbonyl (C=O) groups is 5. The SMILES string of the molecule is CNC(=O)C(=O)[C@H](C[C@@H]1CCNC1=O)NC(=O)[C@@H]1[C@@H]2[C@H](CN1C(=O)CNc1c(F)cc(F)cc1F)C2(C)C. The third-order valence-corrected chi connectivity index (χ3v) is 7.99. The molecule has 38 heavy (non-hydrogen) atoms. The molecule has 4 amide bonds. The smallest absolute Gasteiger partial charge is 0.289 e. The fraction of sp³-hybridized carbons (Fsp3) is 0.560. The normalized spacial score (nSPS) is 25.7. The van der Waals surface area contributed by atoms with Gasteiger partial charge in [0.25, 0.3) is 5.91 Å². The first-order valence-corrected chi connectivity index (χ1v) is 12.4. The van der Waals surface area contributed by atoms with E-state index in [2.05, 4.69) is 21.3 Å². The lowest BCUT2D eigenvalue weighted by Gasteiger charge is -2.31. The molecular formula is C25H30F3N5O5. The zero-order valence-electron chi connectivity index (χ0n) is 21.2. The van der Waals surface area contributed by atoms with Gasteiger partial charge in [0.1, 0.15) is 17.5 Å². The molecule has 13 heteroatoms. The first-order chi connectivity index (χ1) is 17.9. The lowest BCUT2D eigenvalue weighted by Crippen LogP contribution is -2.56. The van der Waals surface area contributed by atoms with Gasteiger partial charge in [-0.2, -0.15) is 0 Å². The fourth-order valence-corrected chi connectivity index (χ4v) is 5.74. The summed E-state index contributed by atoms with van der Waals surface area (Å²) in [6.07, 6.45) is 0.368. The summed E-state index contributed by atoms with van der Waals surface area (Å²) in [6, 6.07) is -1.32. The van der Waals surface area contributed by atoms with Crippen LogP contribution in [0.2, 0.25) is 0 Å². The molecule has 2 heterocycles. The first kappa shape index (κ1) is 27.4. The van der Waals surface area contributed by atoms with Crippen molar-refractivity contribution in [2.24, 2.45) is 23.2 Å². The summed E-state index contributed by atoms with van der Waals surface area (Å²) >= 11 is 0. The predicted octanol–water partition coefficient (Wildman–Crippen LogP) is 0.325. The molecule has 0 unspecified atom stereocenters. The van der Waals surface area contributed by atoms with E-state index in [9.17, 15) is 37.1 Å². The van der Waals surface area contributed by atoms with Crippen LogP contribution in [0, 0.1) is 40.6 Å². The zero-order chi connectivity index (χ0) is 27.9. The molecule has 0 aromatic heterocycles. The van der Waals surface area contributed by atoms with Crippen LogP contribution >= 0.6 is 0 Å². The van der Waals surface area contributed by atoms with E-state index >= 15 is 0 Å². The Bertz CT molecular complexity index is 1170. The van der Waals surface area contributed by atoms with E-state index in [0.717, 1.165) is 0 Å². The quantitative estimate of drug-likeness (QED) is 0.335. The van der Waals surface area contributed by atoms with Gasteiger partial charge in [0, 0.05) is 38.2 Å². The Morgan fingerprint density at radius 2 is 1.82 bits per heavy atom. The van der Waals surface area contributed by atoms with Gasteiger partial charge in [-0.25, -0.2) is 13.2 Å². The number of ketones is 1. The monoisotopic (exact) mass is 537 g/mol. The number of nitrogens with one attached hydrogen (secondary N) is 4. The Morgan fingerprint density at radius 3 is 2.39 bits per heavy atom. The van der Waals surface area contributed by atoms with Crippen molar-refractivity contribution >= 4 is 35.1 Å². The molecule has 0 radical (unpaired) electrons. The lowest BCUT2D eigenvalue weighted by atomic mass is 9.94. The summed E-state index contributed by atoms with van der Waals surface area (Å²) in [4.78, 5) is 64.8. The van der Waals surface area contributed by atoms with Crippen LogP contribution in [0.5, 0.6) is 0 Å². The molecule has 4 N–H and O–H groups in total. The van der Waals surface area contributed by atoms with E-state index in [1.165, 1.54) is 11.9 Å². The van der Waals surface area contributed by atoms with Crippen molar-refractivity contribution in [1.82, 2.24) is 20.9 Å². The summed E-state index contributed by atoms with van der Waals surface area (Å²) < 4.78 is 41.2. The summed E-state index contributed by atoms with van der Waals surface area (Å²) in [5.41, 5.74) is -0.941. The number of halogens is 3. The van der Waals surface area contributed by atoms with E-state index in [-0.39, 0.29) is 36.1 Å². The molecule has 0 bridgehead atoms. The molecule has 1 saturated carbocycles. The van der Waals surface area contributed by atoms with Crippen molar-refractivity contribution < 1.29 is 37.1 Å². The van der Waals surface area contributed by atoms with Crippen molar-refractivity contribution in [3.8, 4) is 0 Å². The number of fused-ring (bicyclic) bond motifs is 1. The maximum atomic E-state index is 14.0. The van der Waals surface area contributed by atoms with Gasteiger partial charge in [0.15, 0.2) is 11.6 Å². The molecule has 4 rings (SSSR count). The van der Waals surface area contributed by atoms with E-state index in [0.29, 0.717) is 25.1 Å². The van der Waals surface area contributed by atoms with Crippen LogP contribution in [0.3, 0.4) is 0 Å². The summed E-state index contributed by atoms with van der Waals surface area (Å²) in [5.74, 6) is -7.73. The highest BCUT2D eigenvalue weighted by atomic mass is 19.1. The van der Waals surface area contributed by atoms with Crippen LogP contribution in [0.4, 0.5) is 18.9 Å². The standard InChI is InChI=1S/C25H30F3N5O5/c1-25(2)13-10-33(17(34)9-31-19-14(27)7-12(26)8-15(19)28)20(18(13)25)23(37)32-16(21(35)24(38)29-3)6-11-4-5-30-22(11)36/h7-8,11,13,16,18,20,31H,4-6,9-10H2,1-3H3,(H,29,38)(H,30,36)(H,32,37)/t11-,13-,16-,18-,20-/m0/s1. The molecule has 206 valence electrons. The third kappa shape index (κ3) is 5.05. The van der Waals surface area contributed by atoms with Crippen molar-refractivity contribution in [2.75, 3.05) is 32.0 Å². The van der Waals surface area contributed by atoms with E-state index in [1.54, 1.807) is 0 Å². The Morgan fingerprint density at radius 1 is 1.16 bits per heavy atom. The van der Waals surface area contributed by atoms with Gasteiger partial charge in [0.2, 0.25) is 23.5 Å². The number of likely N-dealkylation sites (tertiary alicyclic amines) is 1. The largest absolute Gasteiger partial charge is 0.371 e. The maximum Gasteiger partial charge on any atom is 0.289 e. The van der Waals surface area contributed by atoms with Gasteiger partial charge in [-0.1, -0.05) is 13.8 Å². The number of likely N-dealkylation sites (N-methyl/N-ethyl adjacent to an activating group) is 1. The second-order valence-corrected chi connectivity index (χ2v) is 10.6.